The average Bonchev–Trinajstić information content (AvgIpc) is 3.14. The fraction of sp³-hybridized carbons (Fsp3) is 0.348. The molecule has 0 aliphatic carbocycles. The maximum Gasteiger partial charge on any atom is 0.332 e. The van der Waals surface area contributed by atoms with E-state index in [0.29, 0.717) is 11.4 Å². The standard InChI is InChI=1S/C23H22N2O5/c1-3-29-20(26)18-16-13-30-17-12-8-7-11-15(17)19(16)25-22(28)24(21(27)23(18,25)2)14-9-5-4-6-10-14/h4-12,16,18-19H,3,13H2,1-2H3/t16?,18?,19?,23-/m0/s1. The van der Waals surface area contributed by atoms with Gasteiger partial charge >= 0.3 is 12.0 Å². The number of urea groups is 1. The molecule has 0 radical (unpaired) electrons. The fourth-order valence-corrected chi connectivity index (χ4v) is 5.24. The zero-order valence-corrected chi connectivity index (χ0v) is 16.8. The van der Waals surface area contributed by atoms with E-state index in [2.05, 4.69) is 0 Å². The highest BCUT2D eigenvalue weighted by Crippen LogP contribution is 2.58. The summed E-state index contributed by atoms with van der Waals surface area (Å²) in [6.45, 7) is 3.85. The summed E-state index contributed by atoms with van der Waals surface area (Å²) < 4.78 is 11.3. The van der Waals surface area contributed by atoms with Crippen LogP contribution < -0.4 is 9.64 Å². The SMILES string of the molecule is CCOC(=O)C1C2COc3ccccc3C2N2C(=O)N(c3ccccc3)C(=O)[C@]12C. The highest BCUT2D eigenvalue weighted by atomic mass is 16.5. The molecule has 4 atom stereocenters. The molecule has 0 bridgehead atoms. The lowest BCUT2D eigenvalue weighted by molar-refractivity contribution is -0.154. The number of benzene rings is 2. The topological polar surface area (TPSA) is 76.2 Å². The summed E-state index contributed by atoms with van der Waals surface area (Å²) in [5.41, 5.74) is -0.0551. The number of imide groups is 1. The summed E-state index contributed by atoms with van der Waals surface area (Å²) in [6, 6.07) is 15.4. The number of esters is 1. The van der Waals surface area contributed by atoms with Gasteiger partial charge in [-0.05, 0) is 32.0 Å². The molecule has 3 aliphatic rings. The summed E-state index contributed by atoms with van der Waals surface area (Å²) in [7, 11) is 0. The van der Waals surface area contributed by atoms with E-state index in [1.165, 1.54) is 4.90 Å². The molecule has 0 saturated carbocycles. The average molecular weight is 406 g/mol. The maximum absolute atomic E-state index is 13.7. The third-order valence-electron chi connectivity index (χ3n) is 6.48. The number of rotatable bonds is 3. The summed E-state index contributed by atoms with van der Waals surface area (Å²) >= 11 is 0. The lowest BCUT2D eigenvalue weighted by Crippen LogP contribution is -2.51. The van der Waals surface area contributed by atoms with Crippen LogP contribution in [0.4, 0.5) is 10.5 Å². The van der Waals surface area contributed by atoms with E-state index < -0.39 is 35.4 Å². The Labute approximate surface area is 174 Å². The van der Waals surface area contributed by atoms with E-state index in [-0.39, 0.29) is 19.1 Å². The smallest absolute Gasteiger partial charge is 0.332 e. The molecule has 0 N–H and O–H groups in total. The molecule has 3 unspecified atom stereocenters. The van der Waals surface area contributed by atoms with Crippen molar-refractivity contribution < 1.29 is 23.9 Å². The van der Waals surface area contributed by atoms with Gasteiger partial charge in [-0.3, -0.25) is 9.59 Å². The largest absolute Gasteiger partial charge is 0.493 e. The van der Waals surface area contributed by atoms with Gasteiger partial charge in [0.25, 0.3) is 5.91 Å². The van der Waals surface area contributed by atoms with Crippen LogP contribution in [-0.2, 0) is 14.3 Å². The zero-order valence-electron chi connectivity index (χ0n) is 16.8. The number of anilines is 1. The first-order valence-corrected chi connectivity index (χ1v) is 10.1. The molecule has 7 nitrogen and oxygen atoms in total. The van der Waals surface area contributed by atoms with Crippen molar-refractivity contribution in [3.05, 3.63) is 60.2 Å². The summed E-state index contributed by atoms with van der Waals surface area (Å²) in [4.78, 5) is 43.2. The van der Waals surface area contributed by atoms with Crippen molar-refractivity contribution in [2.45, 2.75) is 25.4 Å². The second-order valence-corrected chi connectivity index (χ2v) is 7.96. The van der Waals surface area contributed by atoms with Crippen LogP contribution in [0.5, 0.6) is 5.75 Å². The van der Waals surface area contributed by atoms with Crippen LogP contribution in [0.2, 0.25) is 0 Å². The molecule has 0 aromatic heterocycles. The van der Waals surface area contributed by atoms with Crippen molar-refractivity contribution in [2.75, 3.05) is 18.1 Å². The van der Waals surface area contributed by atoms with Crippen molar-refractivity contribution in [3.63, 3.8) is 0 Å². The Balaban J connectivity index is 1.69. The van der Waals surface area contributed by atoms with Gasteiger partial charge in [0.15, 0.2) is 0 Å². The Kier molecular flexibility index (Phi) is 4.10. The summed E-state index contributed by atoms with van der Waals surface area (Å²) in [5.74, 6) is -1.40. The van der Waals surface area contributed by atoms with Crippen molar-refractivity contribution in [1.82, 2.24) is 4.90 Å². The molecule has 0 spiro atoms. The van der Waals surface area contributed by atoms with Crippen LogP contribution in [-0.4, -0.2) is 41.6 Å². The molecule has 2 aromatic carbocycles. The Morgan fingerprint density at radius 3 is 2.57 bits per heavy atom. The van der Waals surface area contributed by atoms with Crippen LogP contribution in [0.25, 0.3) is 0 Å². The molecular formula is C23H22N2O5. The highest BCUT2D eigenvalue weighted by molar-refractivity contribution is 6.24. The molecule has 2 saturated heterocycles. The van der Waals surface area contributed by atoms with Gasteiger partial charge in [0.1, 0.15) is 11.3 Å². The van der Waals surface area contributed by atoms with Crippen LogP contribution >= 0.6 is 0 Å². The Morgan fingerprint density at radius 1 is 1.13 bits per heavy atom. The van der Waals surface area contributed by atoms with Gasteiger partial charge in [-0.15, -0.1) is 0 Å². The maximum atomic E-state index is 13.7. The molecular weight excluding hydrogens is 384 g/mol. The summed E-state index contributed by atoms with van der Waals surface area (Å²) in [6.07, 6.45) is 0. The fourth-order valence-electron chi connectivity index (χ4n) is 5.24. The minimum Gasteiger partial charge on any atom is -0.493 e. The van der Waals surface area contributed by atoms with Gasteiger partial charge in [-0.1, -0.05) is 36.4 Å². The van der Waals surface area contributed by atoms with Gasteiger partial charge in [0.2, 0.25) is 0 Å². The minimum absolute atomic E-state index is 0.199. The van der Waals surface area contributed by atoms with Crippen LogP contribution in [0.15, 0.2) is 54.6 Å². The van der Waals surface area contributed by atoms with Gasteiger partial charge in [-0.2, -0.15) is 0 Å². The van der Waals surface area contributed by atoms with Crippen molar-refractivity contribution >= 4 is 23.6 Å². The van der Waals surface area contributed by atoms with E-state index in [0.717, 1.165) is 5.56 Å². The number of ether oxygens (including phenoxy) is 2. The monoisotopic (exact) mass is 406 g/mol. The number of hydrogen-bond donors (Lipinski definition) is 0. The quantitative estimate of drug-likeness (QED) is 0.578. The highest BCUT2D eigenvalue weighted by Gasteiger charge is 2.72. The second kappa shape index (κ2) is 6.58. The number of amides is 3. The number of hydrogen-bond acceptors (Lipinski definition) is 5. The Morgan fingerprint density at radius 2 is 1.83 bits per heavy atom. The predicted octanol–water partition coefficient (Wildman–Crippen LogP) is 3.16. The Hall–Kier alpha value is -3.35. The first kappa shape index (κ1) is 18.7. The predicted molar refractivity (Wildman–Crippen MR) is 108 cm³/mol. The lowest BCUT2D eigenvalue weighted by Gasteiger charge is -2.34. The normalized spacial score (nSPS) is 29.2. The van der Waals surface area contributed by atoms with Crippen molar-refractivity contribution in [1.29, 1.82) is 0 Å². The number of fused-ring (bicyclic) bond motifs is 5. The molecule has 3 heterocycles. The van der Waals surface area contributed by atoms with Crippen LogP contribution in [0, 0.1) is 11.8 Å². The van der Waals surface area contributed by atoms with E-state index in [9.17, 15) is 14.4 Å². The number of carbonyl (C=O) groups is 3. The van der Waals surface area contributed by atoms with Gasteiger partial charge in [0.05, 0.1) is 30.9 Å². The minimum atomic E-state index is -1.35. The molecule has 2 aromatic rings. The van der Waals surface area contributed by atoms with Crippen LogP contribution in [0.1, 0.15) is 25.5 Å². The van der Waals surface area contributed by atoms with E-state index in [1.54, 1.807) is 43.0 Å². The first-order valence-electron chi connectivity index (χ1n) is 10.1. The molecule has 7 heteroatoms. The van der Waals surface area contributed by atoms with Gasteiger partial charge < -0.3 is 14.4 Å². The van der Waals surface area contributed by atoms with Crippen molar-refractivity contribution in [2.24, 2.45) is 11.8 Å². The molecule has 154 valence electrons. The number of nitrogens with zero attached hydrogens (tertiary/aromatic N) is 2. The lowest BCUT2D eigenvalue weighted by atomic mass is 9.77. The molecule has 3 amide bonds. The third-order valence-corrected chi connectivity index (χ3v) is 6.48. The van der Waals surface area contributed by atoms with E-state index >= 15 is 0 Å². The molecule has 2 fully saturated rings. The molecule has 3 aliphatic heterocycles. The van der Waals surface area contributed by atoms with E-state index in [4.69, 9.17) is 9.47 Å². The van der Waals surface area contributed by atoms with E-state index in [1.807, 2.05) is 30.3 Å². The second-order valence-electron chi connectivity index (χ2n) is 7.96. The summed E-state index contributed by atoms with van der Waals surface area (Å²) in [5, 5.41) is 0. The molecule has 5 rings (SSSR count). The first-order chi connectivity index (χ1) is 14.5. The van der Waals surface area contributed by atoms with Gasteiger partial charge in [-0.25, -0.2) is 9.69 Å². The van der Waals surface area contributed by atoms with Gasteiger partial charge in [0, 0.05) is 11.5 Å². The van der Waals surface area contributed by atoms with Crippen molar-refractivity contribution in [3.8, 4) is 5.75 Å². The zero-order chi connectivity index (χ0) is 21.0. The third kappa shape index (κ3) is 2.29. The van der Waals surface area contributed by atoms with Crippen LogP contribution in [0.3, 0.4) is 0 Å². The number of carbonyl (C=O) groups excluding carboxylic acids is 3. The Bertz CT molecular complexity index is 1040. The molecule has 30 heavy (non-hydrogen) atoms. The number of para-hydroxylation sites is 2.